The Morgan fingerprint density at radius 2 is 2.36 bits per heavy atom. The number of aromatic nitrogens is 2. The zero-order valence-corrected chi connectivity index (χ0v) is 13.3. The van der Waals surface area contributed by atoms with Crippen molar-refractivity contribution in [2.24, 2.45) is 5.92 Å². The first kappa shape index (κ1) is 15.1. The molecule has 1 aromatic heterocycles. The molecule has 0 spiro atoms. The van der Waals surface area contributed by atoms with Crippen LogP contribution in [0.2, 0.25) is 5.02 Å². The van der Waals surface area contributed by atoms with Gasteiger partial charge in [0.25, 0.3) is 5.91 Å². The molecule has 0 aliphatic carbocycles. The molecule has 1 atom stereocenters. The van der Waals surface area contributed by atoms with Crippen molar-refractivity contribution in [3.8, 4) is 5.69 Å². The van der Waals surface area contributed by atoms with Crippen molar-refractivity contribution in [2.45, 2.75) is 6.42 Å². The Morgan fingerprint density at radius 1 is 1.50 bits per heavy atom. The third kappa shape index (κ3) is 3.15. The number of nitrogens with zero attached hydrogens (tertiary/aromatic N) is 3. The van der Waals surface area contributed by atoms with Gasteiger partial charge in [-0.25, -0.2) is 4.68 Å². The molecular weight excluding hydrogens is 300 g/mol. The highest BCUT2D eigenvalue weighted by Crippen LogP contribution is 2.19. The predicted molar refractivity (Wildman–Crippen MR) is 86.5 cm³/mol. The largest absolute Gasteiger partial charge is 0.338 e. The lowest BCUT2D eigenvalue weighted by molar-refractivity contribution is 0.0787. The van der Waals surface area contributed by atoms with E-state index >= 15 is 0 Å². The second kappa shape index (κ2) is 6.50. The fourth-order valence-electron chi connectivity index (χ4n) is 2.85. The van der Waals surface area contributed by atoms with Gasteiger partial charge in [-0.3, -0.25) is 4.79 Å². The second-order valence-corrected chi connectivity index (χ2v) is 6.05. The first-order valence-corrected chi connectivity index (χ1v) is 7.79. The summed E-state index contributed by atoms with van der Waals surface area (Å²) < 4.78 is 1.68. The lowest BCUT2D eigenvalue weighted by Crippen LogP contribution is -2.30. The number of halogens is 1. The van der Waals surface area contributed by atoms with Crippen LogP contribution in [0.4, 0.5) is 0 Å². The van der Waals surface area contributed by atoms with Gasteiger partial charge in [0.05, 0.1) is 17.4 Å². The smallest absolute Gasteiger partial charge is 0.257 e. The van der Waals surface area contributed by atoms with Gasteiger partial charge in [0, 0.05) is 24.3 Å². The zero-order valence-electron chi connectivity index (χ0n) is 12.5. The number of carbonyl (C=O) groups excluding carboxylic acids is 1. The molecule has 6 heteroatoms. The molecule has 116 valence electrons. The summed E-state index contributed by atoms with van der Waals surface area (Å²) in [6.45, 7) is 2.57. The van der Waals surface area contributed by atoms with Crippen LogP contribution in [0.15, 0.2) is 36.7 Å². The van der Waals surface area contributed by atoms with Crippen molar-refractivity contribution in [3.63, 3.8) is 0 Å². The molecule has 22 heavy (non-hydrogen) atoms. The van der Waals surface area contributed by atoms with E-state index in [0.717, 1.165) is 31.7 Å². The molecule has 0 saturated carbocycles. The molecule has 1 aromatic carbocycles. The third-order valence-corrected chi connectivity index (χ3v) is 4.20. The maximum absolute atomic E-state index is 12.5. The Balaban J connectivity index is 1.72. The van der Waals surface area contributed by atoms with Crippen LogP contribution in [-0.4, -0.2) is 47.3 Å². The van der Waals surface area contributed by atoms with Crippen LogP contribution in [-0.2, 0) is 0 Å². The number of benzene rings is 1. The van der Waals surface area contributed by atoms with Gasteiger partial charge in [-0.05, 0) is 44.1 Å². The van der Waals surface area contributed by atoms with E-state index in [1.165, 1.54) is 0 Å². The molecule has 1 fully saturated rings. The summed E-state index contributed by atoms with van der Waals surface area (Å²) >= 11 is 5.99. The predicted octanol–water partition coefficient (Wildman–Crippen LogP) is 2.21. The summed E-state index contributed by atoms with van der Waals surface area (Å²) in [5, 5.41) is 8.09. The Morgan fingerprint density at radius 3 is 3.14 bits per heavy atom. The molecular formula is C16H19ClN4O. The molecule has 1 saturated heterocycles. The van der Waals surface area contributed by atoms with E-state index in [1.54, 1.807) is 17.1 Å². The zero-order chi connectivity index (χ0) is 15.5. The molecule has 1 amide bonds. The van der Waals surface area contributed by atoms with Gasteiger partial charge in [0.1, 0.15) is 0 Å². The summed E-state index contributed by atoms with van der Waals surface area (Å²) in [5.74, 6) is 0.587. The van der Waals surface area contributed by atoms with Crippen LogP contribution in [0.25, 0.3) is 5.69 Å². The van der Waals surface area contributed by atoms with Crippen molar-refractivity contribution < 1.29 is 4.79 Å². The number of hydrogen-bond acceptors (Lipinski definition) is 3. The highest BCUT2D eigenvalue weighted by Gasteiger charge is 2.27. The third-order valence-electron chi connectivity index (χ3n) is 3.97. The highest BCUT2D eigenvalue weighted by molar-refractivity contribution is 6.30. The van der Waals surface area contributed by atoms with Crippen molar-refractivity contribution in [1.82, 2.24) is 20.0 Å². The van der Waals surface area contributed by atoms with E-state index in [2.05, 4.69) is 10.4 Å². The Bertz CT molecular complexity index is 670. The van der Waals surface area contributed by atoms with Gasteiger partial charge in [-0.2, -0.15) is 5.10 Å². The van der Waals surface area contributed by atoms with E-state index in [9.17, 15) is 4.79 Å². The van der Waals surface area contributed by atoms with E-state index in [4.69, 9.17) is 11.6 Å². The molecule has 0 bridgehead atoms. The Hall–Kier alpha value is -1.85. The van der Waals surface area contributed by atoms with Crippen LogP contribution >= 0.6 is 11.6 Å². The lowest BCUT2D eigenvalue weighted by Gasteiger charge is -2.15. The second-order valence-electron chi connectivity index (χ2n) is 5.62. The highest BCUT2D eigenvalue weighted by atomic mass is 35.5. The molecule has 2 aromatic rings. The van der Waals surface area contributed by atoms with Gasteiger partial charge in [0.15, 0.2) is 0 Å². The number of nitrogens with one attached hydrogen (secondary N) is 1. The summed E-state index contributed by atoms with van der Waals surface area (Å²) in [6, 6.07) is 7.41. The van der Waals surface area contributed by atoms with Gasteiger partial charge in [-0.1, -0.05) is 17.7 Å². The average molecular weight is 319 g/mol. The summed E-state index contributed by atoms with van der Waals surface area (Å²) in [6.07, 6.45) is 4.43. The van der Waals surface area contributed by atoms with E-state index in [0.29, 0.717) is 16.5 Å². The summed E-state index contributed by atoms with van der Waals surface area (Å²) in [5.41, 5.74) is 1.46. The Labute approximate surface area is 134 Å². The topological polar surface area (TPSA) is 50.2 Å². The van der Waals surface area contributed by atoms with E-state index in [1.807, 2.05) is 36.2 Å². The van der Waals surface area contributed by atoms with Gasteiger partial charge in [0.2, 0.25) is 0 Å². The maximum Gasteiger partial charge on any atom is 0.257 e. The van der Waals surface area contributed by atoms with Crippen LogP contribution in [0, 0.1) is 5.92 Å². The van der Waals surface area contributed by atoms with Gasteiger partial charge in [-0.15, -0.1) is 0 Å². The first-order chi connectivity index (χ1) is 10.7. The number of rotatable bonds is 4. The molecule has 2 heterocycles. The molecule has 1 unspecified atom stereocenters. The molecule has 3 rings (SSSR count). The van der Waals surface area contributed by atoms with E-state index in [-0.39, 0.29) is 5.91 Å². The van der Waals surface area contributed by atoms with Gasteiger partial charge < -0.3 is 10.2 Å². The van der Waals surface area contributed by atoms with E-state index < -0.39 is 0 Å². The SMILES string of the molecule is CNCC1CCN(C(=O)c2cnn(-c3cccc(Cl)c3)c2)C1. The van der Waals surface area contributed by atoms with Crippen LogP contribution < -0.4 is 5.32 Å². The monoisotopic (exact) mass is 318 g/mol. The lowest BCUT2D eigenvalue weighted by atomic mass is 10.1. The van der Waals surface area contributed by atoms with Crippen LogP contribution in [0.1, 0.15) is 16.8 Å². The number of amides is 1. The molecule has 1 aliphatic rings. The van der Waals surface area contributed by atoms with Crippen LogP contribution in [0.5, 0.6) is 0 Å². The average Bonchev–Trinajstić information content (AvgIpc) is 3.16. The minimum Gasteiger partial charge on any atom is -0.338 e. The molecule has 0 radical (unpaired) electrons. The first-order valence-electron chi connectivity index (χ1n) is 7.42. The number of likely N-dealkylation sites (tertiary alicyclic amines) is 1. The molecule has 5 nitrogen and oxygen atoms in total. The van der Waals surface area contributed by atoms with Crippen LogP contribution in [0.3, 0.4) is 0 Å². The van der Waals surface area contributed by atoms with Gasteiger partial charge >= 0.3 is 0 Å². The molecule has 1 aliphatic heterocycles. The Kier molecular flexibility index (Phi) is 4.45. The fraction of sp³-hybridized carbons (Fsp3) is 0.375. The quantitative estimate of drug-likeness (QED) is 0.940. The number of hydrogen-bond donors (Lipinski definition) is 1. The normalized spacial score (nSPS) is 17.9. The van der Waals surface area contributed by atoms with Crippen molar-refractivity contribution >= 4 is 17.5 Å². The summed E-state index contributed by atoms with van der Waals surface area (Å²) in [7, 11) is 1.94. The van der Waals surface area contributed by atoms with Crippen molar-refractivity contribution in [2.75, 3.05) is 26.7 Å². The minimum absolute atomic E-state index is 0.0480. The summed E-state index contributed by atoms with van der Waals surface area (Å²) in [4.78, 5) is 14.4. The maximum atomic E-state index is 12.5. The standard InChI is InChI=1S/C16H19ClN4O/c1-18-8-12-5-6-20(10-12)16(22)13-9-19-21(11-13)15-4-2-3-14(17)7-15/h2-4,7,9,11-12,18H,5-6,8,10H2,1H3. The van der Waals surface area contributed by atoms with Crippen molar-refractivity contribution in [1.29, 1.82) is 0 Å². The number of carbonyl (C=O) groups is 1. The molecule has 1 N–H and O–H groups in total. The minimum atomic E-state index is 0.0480. The fourth-order valence-corrected chi connectivity index (χ4v) is 3.03. The van der Waals surface area contributed by atoms with Crippen molar-refractivity contribution in [3.05, 3.63) is 47.2 Å².